The molecule has 0 spiro atoms. The molecule has 0 fully saturated rings. The van der Waals surface area contributed by atoms with Crippen LogP contribution in [0.3, 0.4) is 0 Å². The van der Waals surface area contributed by atoms with Crippen molar-refractivity contribution in [1.82, 2.24) is 0 Å². The maximum absolute atomic E-state index is 12.1. The number of hydrogen-bond donors (Lipinski definition) is 0. The van der Waals surface area contributed by atoms with Crippen LogP contribution >= 0.6 is 11.6 Å². The van der Waals surface area contributed by atoms with Gasteiger partial charge in [-0.3, -0.25) is 10.1 Å². The molecule has 7 heteroatoms. The van der Waals surface area contributed by atoms with Crippen molar-refractivity contribution in [3.05, 3.63) is 33.9 Å². The molecule has 17 heavy (non-hydrogen) atoms. The van der Waals surface area contributed by atoms with Gasteiger partial charge in [-0.1, -0.05) is 0 Å². The first-order valence-electron chi connectivity index (χ1n) is 4.82. The summed E-state index contributed by atoms with van der Waals surface area (Å²) in [6, 6.07) is 3.65. The standard InChI is InChI=1S/C10H10ClF2NO3/c11-5-1-2-7-3-4-8(14(15)16)6-9(7)17-10(12)13/h3-4,6,10H,1-2,5H2. The quantitative estimate of drug-likeness (QED) is 0.450. The number of nitrogens with zero attached hydrogens (tertiary/aromatic N) is 1. The lowest BCUT2D eigenvalue weighted by atomic mass is 10.1. The highest BCUT2D eigenvalue weighted by Gasteiger charge is 2.14. The van der Waals surface area contributed by atoms with Crippen molar-refractivity contribution in [1.29, 1.82) is 0 Å². The third-order valence-electron chi connectivity index (χ3n) is 2.06. The summed E-state index contributed by atoms with van der Waals surface area (Å²) in [7, 11) is 0. The summed E-state index contributed by atoms with van der Waals surface area (Å²) in [5, 5.41) is 10.5. The Morgan fingerprint density at radius 1 is 1.47 bits per heavy atom. The van der Waals surface area contributed by atoms with Gasteiger partial charge >= 0.3 is 6.61 Å². The van der Waals surface area contributed by atoms with Crippen LogP contribution < -0.4 is 4.74 Å². The SMILES string of the molecule is O=[N+]([O-])c1ccc(CCCCl)c(OC(F)F)c1. The molecule has 0 aromatic heterocycles. The topological polar surface area (TPSA) is 52.4 Å². The molecule has 0 unspecified atom stereocenters. The summed E-state index contributed by atoms with van der Waals surface area (Å²) < 4.78 is 28.5. The molecule has 0 aliphatic rings. The molecule has 0 N–H and O–H groups in total. The minimum atomic E-state index is -3.01. The third kappa shape index (κ3) is 4.14. The Hall–Kier alpha value is -1.43. The van der Waals surface area contributed by atoms with Gasteiger partial charge in [-0.2, -0.15) is 8.78 Å². The minimum Gasteiger partial charge on any atom is -0.434 e. The Bertz CT molecular complexity index is 401. The first kappa shape index (κ1) is 13.6. The lowest BCUT2D eigenvalue weighted by Crippen LogP contribution is -2.05. The second-order valence-corrected chi connectivity index (χ2v) is 3.60. The number of rotatable bonds is 6. The number of ether oxygens (including phenoxy) is 1. The highest BCUT2D eigenvalue weighted by molar-refractivity contribution is 6.17. The van der Waals surface area contributed by atoms with Crippen molar-refractivity contribution in [2.24, 2.45) is 0 Å². The van der Waals surface area contributed by atoms with Crippen molar-refractivity contribution in [3.8, 4) is 5.75 Å². The molecule has 0 aliphatic carbocycles. The lowest BCUT2D eigenvalue weighted by Gasteiger charge is -2.09. The summed E-state index contributed by atoms with van der Waals surface area (Å²) in [4.78, 5) is 9.84. The van der Waals surface area contributed by atoms with Crippen LogP contribution in [0.15, 0.2) is 18.2 Å². The summed E-state index contributed by atoms with van der Waals surface area (Å²) in [6.45, 7) is -3.01. The van der Waals surface area contributed by atoms with Gasteiger partial charge in [0.1, 0.15) is 5.75 Å². The molecule has 0 radical (unpaired) electrons. The molecule has 1 aromatic rings. The normalized spacial score (nSPS) is 10.6. The van der Waals surface area contributed by atoms with Crippen LogP contribution in [0.25, 0.3) is 0 Å². The van der Waals surface area contributed by atoms with Gasteiger partial charge in [-0.25, -0.2) is 0 Å². The number of benzene rings is 1. The molecule has 1 rings (SSSR count). The monoisotopic (exact) mass is 265 g/mol. The molecule has 0 amide bonds. The zero-order valence-corrected chi connectivity index (χ0v) is 9.49. The minimum absolute atomic E-state index is 0.167. The summed E-state index contributed by atoms with van der Waals surface area (Å²) in [5.41, 5.74) is 0.201. The number of hydrogen-bond acceptors (Lipinski definition) is 3. The average molecular weight is 266 g/mol. The number of non-ortho nitro benzene ring substituents is 1. The van der Waals surface area contributed by atoms with E-state index in [1.807, 2.05) is 0 Å². The highest BCUT2D eigenvalue weighted by Crippen LogP contribution is 2.27. The molecule has 0 saturated heterocycles. The molecule has 0 heterocycles. The van der Waals surface area contributed by atoms with Gasteiger partial charge in [0, 0.05) is 11.9 Å². The van der Waals surface area contributed by atoms with E-state index in [-0.39, 0.29) is 11.4 Å². The van der Waals surface area contributed by atoms with Gasteiger partial charge in [0.05, 0.1) is 11.0 Å². The number of nitro benzene ring substituents is 1. The van der Waals surface area contributed by atoms with Crippen molar-refractivity contribution in [2.45, 2.75) is 19.5 Å². The van der Waals surface area contributed by atoms with Crippen LogP contribution in [0.2, 0.25) is 0 Å². The fourth-order valence-electron chi connectivity index (χ4n) is 1.33. The number of aryl methyl sites for hydroxylation is 1. The van der Waals surface area contributed by atoms with Gasteiger partial charge in [0.25, 0.3) is 5.69 Å². The second kappa shape index (κ2) is 6.34. The van der Waals surface area contributed by atoms with Crippen molar-refractivity contribution < 1.29 is 18.4 Å². The number of halogens is 3. The summed E-state index contributed by atoms with van der Waals surface area (Å²) in [5.74, 6) is 0.213. The van der Waals surface area contributed by atoms with Crippen molar-refractivity contribution in [2.75, 3.05) is 5.88 Å². The molecule has 94 valence electrons. The van der Waals surface area contributed by atoms with Crippen LogP contribution in [-0.2, 0) is 6.42 Å². The fraction of sp³-hybridized carbons (Fsp3) is 0.400. The average Bonchev–Trinajstić information content (AvgIpc) is 2.26. The Morgan fingerprint density at radius 2 is 2.18 bits per heavy atom. The molecule has 1 aromatic carbocycles. The van der Waals surface area contributed by atoms with E-state index in [2.05, 4.69) is 4.74 Å². The van der Waals surface area contributed by atoms with Gasteiger partial charge in [-0.05, 0) is 24.5 Å². The molecule has 0 atom stereocenters. The van der Waals surface area contributed by atoms with Crippen LogP contribution in [0, 0.1) is 10.1 Å². The second-order valence-electron chi connectivity index (χ2n) is 3.22. The summed E-state index contributed by atoms with van der Waals surface area (Å²) in [6.07, 6.45) is 1.02. The van der Waals surface area contributed by atoms with E-state index in [4.69, 9.17) is 11.6 Å². The molecular formula is C10H10ClF2NO3. The van der Waals surface area contributed by atoms with Gasteiger partial charge in [0.2, 0.25) is 0 Å². The van der Waals surface area contributed by atoms with Crippen LogP contribution in [0.5, 0.6) is 5.75 Å². The zero-order valence-electron chi connectivity index (χ0n) is 8.74. The zero-order chi connectivity index (χ0) is 12.8. The van der Waals surface area contributed by atoms with Crippen molar-refractivity contribution in [3.63, 3.8) is 0 Å². The van der Waals surface area contributed by atoms with Gasteiger partial charge in [-0.15, -0.1) is 11.6 Å². The smallest absolute Gasteiger partial charge is 0.387 e. The molecule has 0 bridgehead atoms. The maximum atomic E-state index is 12.1. The first-order valence-corrected chi connectivity index (χ1v) is 5.36. The predicted molar refractivity (Wildman–Crippen MR) is 58.8 cm³/mol. The molecular weight excluding hydrogens is 256 g/mol. The Labute approximate surface area is 101 Å². The first-order chi connectivity index (χ1) is 8.04. The fourth-order valence-corrected chi connectivity index (χ4v) is 1.46. The van der Waals surface area contributed by atoms with Crippen LogP contribution in [-0.4, -0.2) is 17.4 Å². The van der Waals surface area contributed by atoms with E-state index < -0.39 is 11.5 Å². The predicted octanol–water partition coefficient (Wildman–Crippen LogP) is 3.37. The number of alkyl halides is 3. The largest absolute Gasteiger partial charge is 0.434 e. The number of nitro groups is 1. The molecule has 0 saturated carbocycles. The highest BCUT2D eigenvalue weighted by atomic mass is 35.5. The maximum Gasteiger partial charge on any atom is 0.387 e. The van der Waals surface area contributed by atoms with E-state index in [1.54, 1.807) is 0 Å². The van der Waals surface area contributed by atoms with E-state index in [0.717, 1.165) is 6.07 Å². The van der Waals surface area contributed by atoms with Gasteiger partial charge < -0.3 is 4.74 Å². The van der Waals surface area contributed by atoms with Crippen molar-refractivity contribution >= 4 is 17.3 Å². The third-order valence-corrected chi connectivity index (χ3v) is 2.32. The van der Waals surface area contributed by atoms with E-state index in [9.17, 15) is 18.9 Å². The van der Waals surface area contributed by atoms with Crippen LogP contribution in [0.4, 0.5) is 14.5 Å². The Morgan fingerprint density at radius 3 is 2.71 bits per heavy atom. The van der Waals surface area contributed by atoms with Gasteiger partial charge in [0.15, 0.2) is 0 Å². The van der Waals surface area contributed by atoms with E-state index >= 15 is 0 Å². The molecule has 4 nitrogen and oxygen atoms in total. The van der Waals surface area contributed by atoms with E-state index in [0.29, 0.717) is 24.3 Å². The van der Waals surface area contributed by atoms with Crippen LogP contribution in [0.1, 0.15) is 12.0 Å². The lowest BCUT2D eigenvalue weighted by molar-refractivity contribution is -0.385. The molecule has 0 aliphatic heterocycles. The summed E-state index contributed by atoms with van der Waals surface area (Å²) >= 11 is 5.49. The Kier molecular flexibility index (Phi) is 5.09. The van der Waals surface area contributed by atoms with E-state index in [1.165, 1.54) is 12.1 Å². The Balaban J connectivity index is 2.98.